The molecule has 2 nitrogen and oxygen atoms in total. The molecule has 88 valence electrons. The van der Waals surface area contributed by atoms with Gasteiger partial charge in [0.2, 0.25) is 0 Å². The molecule has 1 aliphatic heterocycles. The van der Waals surface area contributed by atoms with Gasteiger partial charge in [-0.1, -0.05) is 6.92 Å². The highest BCUT2D eigenvalue weighted by atomic mass is 15.2. The maximum atomic E-state index is 3.55. The van der Waals surface area contributed by atoms with Gasteiger partial charge in [-0.2, -0.15) is 0 Å². The smallest absolute Gasteiger partial charge is 0.00953 e. The van der Waals surface area contributed by atoms with Gasteiger partial charge in [0.15, 0.2) is 0 Å². The lowest BCUT2D eigenvalue weighted by Gasteiger charge is -2.24. The summed E-state index contributed by atoms with van der Waals surface area (Å²) in [5, 5.41) is 3.55. The largest absolute Gasteiger partial charge is 0.316 e. The first kappa shape index (κ1) is 11.4. The second kappa shape index (κ2) is 5.31. The molecule has 2 aliphatic rings. The van der Waals surface area contributed by atoms with Gasteiger partial charge in [0.05, 0.1) is 0 Å². The third-order valence-electron chi connectivity index (χ3n) is 4.06. The fourth-order valence-electron chi connectivity index (χ4n) is 2.76. The molecule has 2 heteroatoms. The van der Waals surface area contributed by atoms with E-state index in [4.69, 9.17) is 0 Å². The first-order valence-electron chi connectivity index (χ1n) is 6.76. The maximum Gasteiger partial charge on any atom is 0.00953 e. The Bertz CT molecular complexity index is 189. The minimum atomic E-state index is 0.862. The molecule has 0 radical (unpaired) electrons. The molecule has 1 saturated heterocycles. The molecule has 1 heterocycles. The minimum absolute atomic E-state index is 0.862. The van der Waals surface area contributed by atoms with E-state index in [1.54, 1.807) is 0 Å². The van der Waals surface area contributed by atoms with Gasteiger partial charge < -0.3 is 10.2 Å². The molecule has 0 bridgehead atoms. The second-order valence-corrected chi connectivity index (χ2v) is 5.43. The lowest BCUT2D eigenvalue weighted by atomic mass is 10.1. The Morgan fingerprint density at radius 2 is 2.13 bits per heavy atom. The zero-order valence-electron chi connectivity index (χ0n) is 10.3. The highest BCUT2D eigenvalue weighted by molar-refractivity contribution is 4.89. The third kappa shape index (κ3) is 3.18. The zero-order chi connectivity index (χ0) is 10.7. The standard InChI is InChI=1S/C13H26N2/c1-3-7-14-9-12-6-8-15(10-12)11(2)13-4-5-13/h11-14H,3-10H2,1-2H3. The van der Waals surface area contributed by atoms with Crippen LogP contribution in [-0.4, -0.2) is 37.1 Å². The van der Waals surface area contributed by atoms with Crippen LogP contribution in [0.25, 0.3) is 0 Å². The highest BCUT2D eigenvalue weighted by Gasteiger charge is 2.35. The lowest BCUT2D eigenvalue weighted by Crippen LogP contribution is -2.34. The fraction of sp³-hybridized carbons (Fsp3) is 1.00. The van der Waals surface area contributed by atoms with E-state index in [-0.39, 0.29) is 0 Å². The van der Waals surface area contributed by atoms with Crippen molar-refractivity contribution in [1.82, 2.24) is 10.2 Å². The summed E-state index contributed by atoms with van der Waals surface area (Å²) >= 11 is 0. The van der Waals surface area contributed by atoms with Crippen LogP contribution >= 0.6 is 0 Å². The molecular formula is C13H26N2. The SMILES string of the molecule is CCCNCC1CCN(C(C)C2CC2)C1. The van der Waals surface area contributed by atoms with Crippen molar-refractivity contribution >= 4 is 0 Å². The van der Waals surface area contributed by atoms with E-state index in [0.717, 1.165) is 17.9 Å². The van der Waals surface area contributed by atoms with Gasteiger partial charge in [0.25, 0.3) is 0 Å². The maximum absolute atomic E-state index is 3.55. The van der Waals surface area contributed by atoms with Crippen molar-refractivity contribution in [1.29, 1.82) is 0 Å². The first-order valence-corrected chi connectivity index (χ1v) is 6.76. The Balaban J connectivity index is 1.65. The molecule has 2 rings (SSSR count). The number of hydrogen-bond acceptors (Lipinski definition) is 2. The summed E-state index contributed by atoms with van der Waals surface area (Å²) in [5.41, 5.74) is 0. The molecule has 0 aromatic heterocycles. The predicted octanol–water partition coefficient (Wildman–Crippen LogP) is 2.11. The lowest BCUT2D eigenvalue weighted by molar-refractivity contribution is 0.226. The minimum Gasteiger partial charge on any atom is -0.316 e. The van der Waals surface area contributed by atoms with Crippen LogP contribution in [0.4, 0.5) is 0 Å². The molecule has 1 saturated carbocycles. The van der Waals surface area contributed by atoms with E-state index in [1.165, 1.54) is 51.9 Å². The third-order valence-corrected chi connectivity index (χ3v) is 4.06. The van der Waals surface area contributed by atoms with Crippen molar-refractivity contribution in [3.63, 3.8) is 0 Å². The molecule has 2 fully saturated rings. The van der Waals surface area contributed by atoms with E-state index in [1.807, 2.05) is 0 Å². The Hall–Kier alpha value is -0.0800. The van der Waals surface area contributed by atoms with Gasteiger partial charge in [-0.15, -0.1) is 0 Å². The van der Waals surface area contributed by atoms with Crippen LogP contribution in [0, 0.1) is 11.8 Å². The van der Waals surface area contributed by atoms with Gasteiger partial charge in [0.1, 0.15) is 0 Å². The van der Waals surface area contributed by atoms with E-state index >= 15 is 0 Å². The molecule has 2 unspecified atom stereocenters. The molecule has 0 amide bonds. The number of hydrogen-bond donors (Lipinski definition) is 1. The van der Waals surface area contributed by atoms with Gasteiger partial charge in [0, 0.05) is 12.6 Å². The number of nitrogens with one attached hydrogen (secondary N) is 1. The van der Waals surface area contributed by atoms with Crippen LogP contribution in [0.1, 0.15) is 39.5 Å². The van der Waals surface area contributed by atoms with Crippen molar-refractivity contribution in [2.45, 2.75) is 45.6 Å². The quantitative estimate of drug-likeness (QED) is 0.676. The molecule has 15 heavy (non-hydrogen) atoms. The van der Waals surface area contributed by atoms with Crippen molar-refractivity contribution in [2.75, 3.05) is 26.2 Å². The van der Waals surface area contributed by atoms with Gasteiger partial charge >= 0.3 is 0 Å². The topological polar surface area (TPSA) is 15.3 Å². The zero-order valence-corrected chi connectivity index (χ0v) is 10.3. The van der Waals surface area contributed by atoms with Crippen LogP contribution in [0.15, 0.2) is 0 Å². The average Bonchev–Trinajstić information content (AvgIpc) is 2.98. The van der Waals surface area contributed by atoms with Crippen molar-refractivity contribution in [3.05, 3.63) is 0 Å². The van der Waals surface area contributed by atoms with Crippen molar-refractivity contribution in [2.24, 2.45) is 11.8 Å². The van der Waals surface area contributed by atoms with Crippen molar-refractivity contribution in [3.8, 4) is 0 Å². The van der Waals surface area contributed by atoms with Crippen LogP contribution in [0.2, 0.25) is 0 Å². The highest BCUT2D eigenvalue weighted by Crippen LogP contribution is 2.36. The summed E-state index contributed by atoms with van der Waals surface area (Å²) in [6.45, 7) is 9.78. The van der Waals surface area contributed by atoms with E-state index in [0.29, 0.717) is 0 Å². The average molecular weight is 210 g/mol. The van der Waals surface area contributed by atoms with Crippen LogP contribution in [0.3, 0.4) is 0 Å². The summed E-state index contributed by atoms with van der Waals surface area (Å²) in [6, 6.07) is 0.862. The fourth-order valence-corrected chi connectivity index (χ4v) is 2.76. The summed E-state index contributed by atoms with van der Waals surface area (Å²) in [6.07, 6.45) is 5.63. The van der Waals surface area contributed by atoms with E-state index < -0.39 is 0 Å². The first-order chi connectivity index (χ1) is 7.31. The molecule has 0 aromatic carbocycles. The normalized spacial score (nSPS) is 29.6. The number of likely N-dealkylation sites (tertiary alicyclic amines) is 1. The molecule has 2 atom stereocenters. The van der Waals surface area contributed by atoms with E-state index in [9.17, 15) is 0 Å². The van der Waals surface area contributed by atoms with Gasteiger partial charge in [-0.3, -0.25) is 0 Å². The summed E-state index contributed by atoms with van der Waals surface area (Å²) in [7, 11) is 0. The summed E-state index contributed by atoms with van der Waals surface area (Å²) < 4.78 is 0. The summed E-state index contributed by atoms with van der Waals surface area (Å²) in [4.78, 5) is 2.72. The van der Waals surface area contributed by atoms with E-state index in [2.05, 4.69) is 24.1 Å². The Morgan fingerprint density at radius 1 is 1.33 bits per heavy atom. The predicted molar refractivity (Wildman–Crippen MR) is 65.0 cm³/mol. The molecular weight excluding hydrogens is 184 g/mol. The van der Waals surface area contributed by atoms with Crippen LogP contribution < -0.4 is 5.32 Å². The molecule has 0 spiro atoms. The Kier molecular flexibility index (Phi) is 4.04. The molecule has 1 N–H and O–H groups in total. The Labute approximate surface area is 94.4 Å². The van der Waals surface area contributed by atoms with Crippen molar-refractivity contribution < 1.29 is 0 Å². The number of nitrogens with zero attached hydrogens (tertiary/aromatic N) is 1. The number of rotatable bonds is 6. The summed E-state index contributed by atoms with van der Waals surface area (Å²) in [5.74, 6) is 1.95. The Morgan fingerprint density at radius 3 is 2.80 bits per heavy atom. The monoisotopic (exact) mass is 210 g/mol. The molecule has 0 aromatic rings. The van der Waals surface area contributed by atoms with Crippen LogP contribution in [-0.2, 0) is 0 Å². The molecule has 1 aliphatic carbocycles. The van der Waals surface area contributed by atoms with Gasteiger partial charge in [-0.25, -0.2) is 0 Å². The second-order valence-electron chi connectivity index (χ2n) is 5.43. The van der Waals surface area contributed by atoms with Gasteiger partial charge in [-0.05, 0) is 64.1 Å². The van der Waals surface area contributed by atoms with Crippen LogP contribution in [0.5, 0.6) is 0 Å².